The molecule has 3 N–H and O–H groups in total. The minimum atomic E-state index is -1.66. The largest absolute Gasteiger partial charge is 0.458 e. The third kappa shape index (κ3) is 3.65. The molecule has 0 aromatic rings. The standard InChI is InChI=1S/C29H43NO7/c1-4-30(5-2)15-23(32)27(34)13-12-26(18-31)21-6-9-25(3)20(19-14-24(33)37-16-19)8-11-29(25,36)22(21)7-10-28(26,35)17-27/h14,18,20-22,34-36H,4-13,15-17H2,1-3H3/t20-,21+,22-,25-,26+,27+,28+,29+/m1/s1. The predicted molar refractivity (Wildman–Crippen MR) is 135 cm³/mol. The number of likely N-dealkylation sites (N-methyl/N-ethyl adjacent to an activating group) is 1. The topological polar surface area (TPSA) is 124 Å². The summed E-state index contributed by atoms with van der Waals surface area (Å²) in [5.74, 6) is -0.958. The van der Waals surface area contributed by atoms with Gasteiger partial charge in [-0.25, -0.2) is 4.79 Å². The smallest absolute Gasteiger partial charge is 0.331 e. The Balaban J connectivity index is 1.43. The highest BCUT2D eigenvalue weighted by Gasteiger charge is 2.72. The van der Waals surface area contributed by atoms with Crippen molar-refractivity contribution in [3.63, 3.8) is 0 Å². The molecule has 1 heterocycles. The molecule has 4 fully saturated rings. The van der Waals surface area contributed by atoms with Gasteiger partial charge in [-0.2, -0.15) is 0 Å². The fraction of sp³-hybridized carbons (Fsp3) is 0.828. The average molecular weight is 518 g/mol. The Bertz CT molecular complexity index is 1010. The first-order valence-electron chi connectivity index (χ1n) is 14.2. The van der Waals surface area contributed by atoms with Gasteiger partial charge in [0.25, 0.3) is 0 Å². The van der Waals surface area contributed by atoms with Crippen molar-refractivity contribution in [2.24, 2.45) is 28.6 Å². The van der Waals surface area contributed by atoms with Crippen molar-refractivity contribution < 1.29 is 34.4 Å². The van der Waals surface area contributed by atoms with Gasteiger partial charge in [-0.05, 0) is 87.8 Å². The molecule has 0 bridgehead atoms. The molecule has 8 atom stereocenters. The summed E-state index contributed by atoms with van der Waals surface area (Å²) in [6.07, 6.45) is 6.21. The molecule has 0 amide bonds. The molecule has 206 valence electrons. The van der Waals surface area contributed by atoms with E-state index in [1.165, 1.54) is 0 Å². The van der Waals surface area contributed by atoms with Crippen molar-refractivity contribution in [1.82, 2.24) is 4.90 Å². The van der Waals surface area contributed by atoms with Gasteiger partial charge in [0.05, 0.1) is 23.2 Å². The van der Waals surface area contributed by atoms with Crippen molar-refractivity contribution in [3.8, 4) is 0 Å². The molecule has 5 aliphatic rings. The van der Waals surface area contributed by atoms with Gasteiger partial charge in [0.1, 0.15) is 18.5 Å². The van der Waals surface area contributed by atoms with E-state index < -0.39 is 27.6 Å². The lowest BCUT2D eigenvalue weighted by Crippen LogP contribution is -2.71. The maximum absolute atomic E-state index is 13.2. The van der Waals surface area contributed by atoms with Gasteiger partial charge in [-0.3, -0.25) is 9.69 Å². The summed E-state index contributed by atoms with van der Waals surface area (Å²) in [7, 11) is 0. The Hall–Kier alpha value is -1.61. The average Bonchev–Trinajstić information content (AvgIpc) is 3.41. The Morgan fingerprint density at radius 1 is 1.05 bits per heavy atom. The molecule has 37 heavy (non-hydrogen) atoms. The van der Waals surface area contributed by atoms with E-state index in [0.29, 0.717) is 38.8 Å². The van der Waals surface area contributed by atoms with Gasteiger partial charge in [-0.1, -0.05) is 20.8 Å². The number of fused-ring (bicyclic) bond motifs is 5. The lowest BCUT2D eigenvalue weighted by atomic mass is 9.41. The normalized spacial score (nSPS) is 47.1. The quantitative estimate of drug-likeness (QED) is 0.347. The molecule has 0 saturated heterocycles. The van der Waals surface area contributed by atoms with Crippen LogP contribution in [0.2, 0.25) is 0 Å². The number of Topliss-reactive ketones (excluding diaryl/α,β-unsaturated/α-hetero) is 1. The summed E-state index contributed by atoms with van der Waals surface area (Å²) >= 11 is 0. The van der Waals surface area contributed by atoms with Gasteiger partial charge in [0.15, 0.2) is 5.78 Å². The third-order valence-electron chi connectivity index (χ3n) is 11.7. The fourth-order valence-corrected chi connectivity index (χ4v) is 9.42. The molecule has 8 nitrogen and oxygen atoms in total. The van der Waals surface area contributed by atoms with Gasteiger partial charge in [-0.15, -0.1) is 0 Å². The molecular formula is C29H43NO7. The molecule has 0 spiro atoms. The maximum atomic E-state index is 13.2. The van der Waals surface area contributed by atoms with E-state index in [2.05, 4.69) is 6.92 Å². The molecule has 0 unspecified atom stereocenters. The van der Waals surface area contributed by atoms with Crippen LogP contribution < -0.4 is 0 Å². The zero-order valence-corrected chi connectivity index (χ0v) is 22.5. The van der Waals surface area contributed by atoms with E-state index in [0.717, 1.165) is 18.3 Å². The number of esters is 1. The molecule has 4 aliphatic carbocycles. The molecule has 0 aromatic heterocycles. The van der Waals surface area contributed by atoms with Crippen LogP contribution in [0.1, 0.15) is 78.6 Å². The highest BCUT2D eigenvalue weighted by molar-refractivity contribution is 5.89. The number of hydrogen-bond acceptors (Lipinski definition) is 8. The van der Waals surface area contributed by atoms with Crippen molar-refractivity contribution in [1.29, 1.82) is 0 Å². The van der Waals surface area contributed by atoms with Crippen LogP contribution in [-0.2, 0) is 19.1 Å². The SMILES string of the molecule is CCN(CC)CC(=O)[C@]1(O)CC[C@]2(C=O)[C@H]3CC[C@]4(C)[C@@H](C5=CC(=O)OC5)CC[C@]4(O)[C@@H]3CC[C@]2(O)C1. The van der Waals surface area contributed by atoms with E-state index in [1.807, 2.05) is 18.7 Å². The Morgan fingerprint density at radius 3 is 2.38 bits per heavy atom. The molecule has 8 heteroatoms. The molecule has 0 radical (unpaired) electrons. The van der Waals surface area contributed by atoms with E-state index in [-0.39, 0.29) is 68.3 Å². The van der Waals surface area contributed by atoms with E-state index in [9.17, 15) is 29.7 Å². The van der Waals surface area contributed by atoms with Crippen molar-refractivity contribution in [2.45, 2.75) is 95.4 Å². The monoisotopic (exact) mass is 517 g/mol. The van der Waals surface area contributed by atoms with Crippen LogP contribution in [0.5, 0.6) is 0 Å². The summed E-state index contributed by atoms with van der Waals surface area (Å²) in [6, 6.07) is 0. The number of nitrogens with zero attached hydrogens (tertiary/aromatic N) is 1. The number of ketones is 1. The van der Waals surface area contributed by atoms with Crippen LogP contribution in [0.15, 0.2) is 11.6 Å². The fourth-order valence-electron chi connectivity index (χ4n) is 9.42. The zero-order chi connectivity index (χ0) is 26.9. The van der Waals surface area contributed by atoms with Crippen molar-refractivity contribution >= 4 is 18.0 Å². The van der Waals surface area contributed by atoms with Crippen molar-refractivity contribution in [3.05, 3.63) is 11.6 Å². The number of aldehydes is 1. The highest BCUT2D eigenvalue weighted by Crippen LogP contribution is 2.70. The van der Waals surface area contributed by atoms with Crippen LogP contribution in [-0.4, -0.2) is 81.3 Å². The second-order valence-corrected chi connectivity index (χ2v) is 12.8. The van der Waals surface area contributed by atoms with Gasteiger partial charge >= 0.3 is 5.97 Å². The minimum Gasteiger partial charge on any atom is -0.458 e. The van der Waals surface area contributed by atoms with Crippen LogP contribution in [0, 0.1) is 28.6 Å². The van der Waals surface area contributed by atoms with E-state index in [4.69, 9.17) is 4.74 Å². The first-order valence-corrected chi connectivity index (χ1v) is 14.2. The molecular weight excluding hydrogens is 474 g/mol. The first-order chi connectivity index (χ1) is 17.4. The van der Waals surface area contributed by atoms with Gasteiger partial charge in [0, 0.05) is 17.9 Å². The highest BCUT2D eigenvalue weighted by atomic mass is 16.5. The zero-order valence-electron chi connectivity index (χ0n) is 22.5. The summed E-state index contributed by atoms with van der Waals surface area (Å²) in [5, 5.41) is 35.8. The number of carbonyl (C=O) groups excluding carboxylic acids is 3. The van der Waals surface area contributed by atoms with Crippen LogP contribution in [0.4, 0.5) is 0 Å². The maximum Gasteiger partial charge on any atom is 0.331 e. The second-order valence-electron chi connectivity index (χ2n) is 12.8. The van der Waals surface area contributed by atoms with E-state index >= 15 is 0 Å². The lowest BCUT2D eigenvalue weighted by Gasteiger charge is -2.66. The number of aliphatic hydroxyl groups is 3. The summed E-state index contributed by atoms with van der Waals surface area (Å²) in [6.45, 7) is 7.85. The number of carbonyl (C=O) groups is 3. The van der Waals surface area contributed by atoms with E-state index in [1.54, 1.807) is 6.08 Å². The number of rotatable bonds is 7. The minimum absolute atomic E-state index is 0.0482. The molecule has 5 rings (SSSR count). The van der Waals surface area contributed by atoms with Crippen LogP contribution >= 0.6 is 0 Å². The third-order valence-corrected chi connectivity index (χ3v) is 11.7. The Labute approximate surface area is 219 Å². The Kier molecular flexibility index (Phi) is 6.54. The summed E-state index contributed by atoms with van der Waals surface area (Å²) < 4.78 is 5.19. The number of cyclic esters (lactones) is 1. The molecule has 1 aliphatic heterocycles. The lowest BCUT2D eigenvalue weighted by molar-refractivity contribution is -0.256. The number of ether oxygens (including phenoxy) is 1. The Morgan fingerprint density at radius 2 is 1.76 bits per heavy atom. The van der Waals surface area contributed by atoms with Crippen LogP contribution in [0.3, 0.4) is 0 Å². The van der Waals surface area contributed by atoms with Crippen molar-refractivity contribution in [2.75, 3.05) is 26.2 Å². The second kappa shape index (κ2) is 8.97. The molecule has 4 saturated carbocycles. The summed E-state index contributed by atoms with van der Waals surface area (Å²) in [5.41, 5.74) is -4.75. The van der Waals surface area contributed by atoms with Gasteiger partial charge < -0.3 is 24.9 Å². The van der Waals surface area contributed by atoms with Crippen LogP contribution in [0.25, 0.3) is 0 Å². The first kappa shape index (κ1) is 27.0. The number of hydrogen-bond donors (Lipinski definition) is 3. The summed E-state index contributed by atoms with van der Waals surface area (Å²) in [4.78, 5) is 39.9. The molecule has 0 aromatic carbocycles. The van der Waals surface area contributed by atoms with Gasteiger partial charge in [0.2, 0.25) is 0 Å². The predicted octanol–water partition coefficient (Wildman–Crippen LogP) is 2.18.